The van der Waals surface area contributed by atoms with Crippen LogP contribution in [0.25, 0.3) is 0 Å². The molecule has 0 aromatic carbocycles. The lowest BCUT2D eigenvalue weighted by molar-refractivity contribution is -0.301. The van der Waals surface area contributed by atoms with E-state index in [9.17, 15) is 30.0 Å². The van der Waals surface area contributed by atoms with Gasteiger partial charge in [0.05, 0.1) is 13.2 Å². The fourth-order valence-corrected chi connectivity index (χ4v) is 4.86. The fourth-order valence-electron chi connectivity index (χ4n) is 4.86. The van der Waals surface area contributed by atoms with Gasteiger partial charge in [-0.05, 0) is 12.8 Å². The summed E-state index contributed by atoms with van der Waals surface area (Å²) in [5.41, 5.74) is 0. The van der Waals surface area contributed by atoms with Crippen molar-refractivity contribution in [1.29, 1.82) is 0 Å². The molecule has 0 aromatic rings. The highest BCUT2D eigenvalue weighted by Gasteiger charge is 2.44. The maximum absolute atomic E-state index is 12.9. The number of nitrogens with one attached hydrogen (secondary N) is 2. The highest BCUT2D eigenvalue weighted by atomic mass is 16.7. The molecular weight excluding hydrogens is 516 g/mol. The highest BCUT2D eigenvalue weighted by Crippen LogP contribution is 2.22. The van der Waals surface area contributed by atoms with Crippen molar-refractivity contribution >= 4 is 11.8 Å². The third-order valence-corrected chi connectivity index (χ3v) is 7.51. The second-order valence-electron chi connectivity index (χ2n) is 11.1. The Morgan fingerprint density at radius 1 is 0.750 bits per heavy atom. The van der Waals surface area contributed by atoms with Crippen LogP contribution in [0, 0.1) is 0 Å². The van der Waals surface area contributed by atoms with Crippen LogP contribution < -0.4 is 10.6 Å². The fraction of sp³-hybridized carbons (Fsp3) is 0.933. The summed E-state index contributed by atoms with van der Waals surface area (Å²) in [6, 6.07) is -1.01. The predicted octanol–water partition coefficient (Wildman–Crippen LogP) is 3.08. The molecule has 1 saturated heterocycles. The largest absolute Gasteiger partial charge is 0.394 e. The summed E-state index contributed by atoms with van der Waals surface area (Å²) >= 11 is 0. The van der Waals surface area contributed by atoms with E-state index in [-0.39, 0.29) is 12.5 Å². The Labute approximate surface area is 241 Å². The first-order chi connectivity index (χ1) is 19.3. The van der Waals surface area contributed by atoms with E-state index in [1.165, 1.54) is 51.4 Å². The third-order valence-electron chi connectivity index (χ3n) is 7.51. The summed E-state index contributed by atoms with van der Waals surface area (Å²) < 4.78 is 10.9. The number of ether oxygens (including phenoxy) is 2. The zero-order chi connectivity index (χ0) is 29.6. The van der Waals surface area contributed by atoms with Gasteiger partial charge in [-0.1, -0.05) is 104 Å². The zero-order valence-corrected chi connectivity index (χ0v) is 25.0. The minimum Gasteiger partial charge on any atom is -0.394 e. The molecule has 1 aliphatic heterocycles. The predicted molar refractivity (Wildman–Crippen MR) is 154 cm³/mol. The van der Waals surface area contributed by atoms with Gasteiger partial charge in [-0.2, -0.15) is 0 Å². The molecule has 2 amide bonds. The molecule has 0 saturated carbocycles. The van der Waals surface area contributed by atoms with E-state index in [1.807, 2.05) is 0 Å². The summed E-state index contributed by atoms with van der Waals surface area (Å²) in [5, 5.41) is 45.2. The summed E-state index contributed by atoms with van der Waals surface area (Å²) in [6.07, 6.45) is 11.4. The molecule has 0 aliphatic carbocycles. The van der Waals surface area contributed by atoms with Crippen LogP contribution >= 0.6 is 0 Å². The SMILES string of the molecule is CCCCCCCCCCCCCNC(=O)[C@H](CO[C@H]1O[C@H](CO)[C@H](O)[C@H](O)[C@H]1O)NC(=O)CCCCCCC. The molecule has 1 heterocycles. The average molecular weight is 575 g/mol. The van der Waals surface area contributed by atoms with E-state index in [2.05, 4.69) is 24.5 Å². The smallest absolute Gasteiger partial charge is 0.244 e. The van der Waals surface area contributed by atoms with Gasteiger partial charge in [-0.3, -0.25) is 9.59 Å². The molecular formula is C30H58N2O8. The number of unbranched alkanes of at least 4 members (excludes halogenated alkanes) is 14. The summed E-state index contributed by atoms with van der Waals surface area (Å²) in [6.45, 7) is 3.96. The second-order valence-corrected chi connectivity index (χ2v) is 11.1. The number of aliphatic hydroxyl groups is 4. The van der Waals surface area contributed by atoms with Gasteiger partial charge in [-0.25, -0.2) is 0 Å². The van der Waals surface area contributed by atoms with Crippen molar-refractivity contribution < 1.29 is 39.5 Å². The molecule has 236 valence electrons. The van der Waals surface area contributed by atoms with Crippen LogP contribution in [-0.2, 0) is 19.1 Å². The molecule has 0 radical (unpaired) electrons. The van der Waals surface area contributed by atoms with Crippen molar-refractivity contribution in [2.24, 2.45) is 0 Å². The summed E-state index contributed by atoms with van der Waals surface area (Å²) in [5.74, 6) is -0.653. The van der Waals surface area contributed by atoms with Gasteiger partial charge in [0.1, 0.15) is 30.5 Å². The Morgan fingerprint density at radius 2 is 1.27 bits per heavy atom. The Bertz CT molecular complexity index is 651. The van der Waals surface area contributed by atoms with Gasteiger partial charge in [-0.15, -0.1) is 0 Å². The maximum Gasteiger partial charge on any atom is 0.244 e. The molecule has 6 atom stereocenters. The van der Waals surface area contributed by atoms with Crippen LogP contribution in [0.1, 0.15) is 123 Å². The molecule has 1 rings (SSSR count). The van der Waals surface area contributed by atoms with Crippen molar-refractivity contribution in [3.8, 4) is 0 Å². The molecule has 1 fully saturated rings. The van der Waals surface area contributed by atoms with Gasteiger partial charge in [0.25, 0.3) is 0 Å². The topological polar surface area (TPSA) is 158 Å². The van der Waals surface area contributed by atoms with Crippen LogP contribution in [0.5, 0.6) is 0 Å². The zero-order valence-electron chi connectivity index (χ0n) is 25.0. The Balaban J connectivity index is 2.47. The van der Waals surface area contributed by atoms with E-state index >= 15 is 0 Å². The molecule has 10 nitrogen and oxygen atoms in total. The Hall–Kier alpha value is -1.30. The number of aliphatic hydroxyl groups excluding tert-OH is 4. The standard InChI is InChI=1S/C30H58N2O8/c1-3-5-7-9-10-11-12-13-14-16-18-20-31-29(38)23(32-25(34)19-17-15-8-6-4-2)22-39-30-28(37)27(36)26(35)24(21-33)40-30/h23-24,26-28,30,33,35-37H,3-22H2,1-2H3,(H,31,38)(H,32,34)/t23-,24+,26-,27-,28+,30-/m0/s1. The molecule has 10 heteroatoms. The van der Waals surface area contributed by atoms with E-state index in [0.717, 1.165) is 51.4 Å². The van der Waals surface area contributed by atoms with Crippen LogP contribution in [0.15, 0.2) is 0 Å². The first kappa shape index (κ1) is 36.7. The summed E-state index contributed by atoms with van der Waals surface area (Å²) in [4.78, 5) is 25.5. The molecule has 6 N–H and O–H groups in total. The van der Waals surface area contributed by atoms with Gasteiger partial charge in [0.2, 0.25) is 11.8 Å². The van der Waals surface area contributed by atoms with Crippen molar-refractivity contribution in [2.45, 2.75) is 160 Å². The molecule has 0 aromatic heterocycles. The first-order valence-corrected chi connectivity index (χ1v) is 15.8. The number of carbonyl (C=O) groups is 2. The molecule has 0 spiro atoms. The minimum absolute atomic E-state index is 0.260. The van der Waals surface area contributed by atoms with Crippen molar-refractivity contribution in [3.05, 3.63) is 0 Å². The van der Waals surface area contributed by atoms with Gasteiger partial charge >= 0.3 is 0 Å². The van der Waals surface area contributed by atoms with Crippen molar-refractivity contribution in [3.63, 3.8) is 0 Å². The molecule has 40 heavy (non-hydrogen) atoms. The Kier molecular flexibility index (Phi) is 21.4. The number of hydrogen-bond donors (Lipinski definition) is 6. The van der Waals surface area contributed by atoms with Crippen molar-refractivity contribution in [1.82, 2.24) is 10.6 Å². The lowest BCUT2D eigenvalue weighted by Crippen LogP contribution is -2.60. The maximum atomic E-state index is 12.9. The van der Waals surface area contributed by atoms with E-state index in [4.69, 9.17) is 9.47 Å². The lowest BCUT2D eigenvalue weighted by Gasteiger charge is -2.39. The normalized spacial score (nSPS) is 23.6. The van der Waals surface area contributed by atoms with E-state index < -0.39 is 49.3 Å². The monoisotopic (exact) mass is 574 g/mol. The second kappa shape index (κ2) is 23.3. The Morgan fingerprint density at radius 3 is 1.82 bits per heavy atom. The molecule has 0 bridgehead atoms. The van der Waals surface area contributed by atoms with Crippen LogP contribution in [0.4, 0.5) is 0 Å². The van der Waals surface area contributed by atoms with Crippen LogP contribution in [-0.4, -0.2) is 88.7 Å². The third kappa shape index (κ3) is 15.6. The van der Waals surface area contributed by atoms with Gasteiger partial charge in [0.15, 0.2) is 6.29 Å². The van der Waals surface area contributed by atoms with E-state index in [0.29, 0.717) is 13.0 Å². The average Bonchev–Trinajstić information content (AvgIpc) is 2.95. The lowest BCUT2D eigenvalue weighted by atomic mass is 9.99. The van der Waals surface area contributed by atoms with Crippen molar-refractivity contribution in [2.75, 3.05) is 19.8 Å². The summed E-state index contributed by atoms with van der Waals surface area (Å²) in [7, 11) is 0. The number of carbonyl (C=O) groups excluding carboxylic acids is 2. The van der Waals surface area contributed by atoms with Gasteiger partial charge in [0, 0.05) is 13.0 Å². The number of amides is 2. The van der Waals surface area contributed by atoms with Crippen LogP contribution in [0.2, 0.25) is 0 Å². The molecule has 0 unspecified atom stereocenters. The first-order valence-electron chi connectivity index (χ1n) is 15.8. The van der Waals surface area contributed by atoms with Gasteiger partial charge < -0.3 is 40.5 Å². The minimum atomic E-state index is -1.58. The number of hydrogen-bond acceptors (Lipinski definition) is 8. The highest BCUT2D eigenvalue weighted by molar-refractivity contribution is 5.87. The molecule has 1 aliphatic rings. The quantitative estimate of drug-likeness (QED) is 0.0960. The van der Waals surface area contributed by atoms with E-state index in [1.54, 1.807) is 0 Å². The number of rotatable bonds is 24. The van der Waals surface area contributed by atoms with Crippen LogP contribution in [0.3, 0.4) is 0 Å².